The lowest BCUT2D eigenvalue weighted by molar-refractivity contribution is -0.149. The summed E-state index contributed by atoms with van der Waals surface area (Å²) in [5, 5.41) is 17.6. The highest BCUT2D eigenvalue weighted by Gasteiger charge is 2.66. The maximum Gasteiger partial charge on any atom is 0.264 e. The van der Waals surface area contributed by atoms with Crippen molar-refractivity contribution in [3.05, 3.63) is 60.7 Å². The second kappa shape index (κ2) is 13.8. The molecule has 3 N–H and O–H groups in total. The Morgan fingerprint density at radius 2 is 1.96 bits per heavy atom. The molecule has 4 heterocycles. The Hall–Kier alpha value is -3.51. The molecule has 2 aromatic carbocycles. The minimum atomic E-state index is -2.46. The molecule has 258 valence electrons. The van der Waals surface area contributed by atoms with Crippen LogP contribution in [0, 0.1) is 11.8 Å². The standard InChI is InChI=1S/C37H50N4O6Si/c1-6-18-41-31-16-11-26(39-35(44)25-9-7-17-38-22-25)20-30(31)37(36(41)45)24(2)34(48(4,5)29-14-12-28(46-3)13-15-29)32(47-37)21-33(43)40-19-8-10-27(40)23-42/h6,11-16,20,24-25,27,32,34,38,42H,1,7-10,17-19,21-23H2,2-5H3,(H,39,44)/t24-,25?,27-,32+,34-,37+/m0/s1. The first kappa shape index (κ1) is 34.4. The highest BCUT2D eigenvalue weighted by molar-refractivity contribution is 6.91. The number of hydrogen-bond acceptors (Lipinski definition) is 7. The van der Waals surface area contributed by atoms with Gasteiger partial charge in [-0.1, -0.05) is 43.4 Å². The van der Waals surface area contributed by atoms with Gasteiger partial charge in [0.25, 0.3) is 5.91 Å². The molecule has 6 atom stereocenters. The first-order chi connectivity index (χ1) is 23.1. The average Bonchev–Trinajstić information content (AvgIpc) is 3.76. The van der Waals surface area contributed by atoms with Crippen LogP contribution in [0.4, 0.5) is 11.4 Å². The number of hydrogen-bond donors (Lipinski definition) is 3. The van der Waals surface area contributed by atoms with Gasteiger partial charge in [0.2, 0.25) is 11.8 Å². The fourth-order valence-corrected chi connectivity index (χ4v) is 12.9. The van der Waals surface area contributed by atoms with Crippen molar-refractivity contribution in [2.24, 2.45) is 11.8 Å². The monoisotopic (exact) mass is 674 g/mol. The highest BCUT2D eigenvalue weighted by Crippen LogP contribution is 2.60. The van der Waals surface area contributed by atoms with E-state index in [2.05, 4.69) is 49.4 Å². The number of amides is 3. The summed E-state index contributed by atoms with van der Waals surface area (Å²) in [6.07, 6.45) is 4.70. The van der Waals surface area contributed by atoms with Crippen LogP contribution in [0.3, 0.4) is 0 Å². The van der Waals surface area contributed by atoms with Gasteiger partial charge in [0.15, 0.2) is 5.60 Å². The van der Waals surface area contributed by atoms with E-state index in [-0.39, 0.29) is 54.2 Å². The lowest BCUT2D eigenvalue weighted by Crippen LogP contribution is -2.52. The van der Waals surface area contributed by atoms with Crippen molar-refractivity contribution in [3.63, 3.8) is 0 Å². The third-order valence-corrected chi connectivity index (χ3v) is 15.7. The number of nitrogens with one attached hydrogen (secondary N) is 2. The summed E-state index contributed by atoms with van der Waals surface area (Å²) < 4.78 is 12.6. The molecule has 1 spiro atoms. The summed E-state index contributed by atoms with van der Waals surface area (Å²) in [5.41, 5.74) is 0.614. The molecule has 4 aliphatic heterocycles. The molecule has 0 radical (unpaired) electrons. The number of benzene rings is 2. The fraction of sp³-hybridized carbons (Fsp3) is 0.541. The van der Waals surface area contributed by atoms with Crippen LogP contribution in [0.2, 0.25) is 18.6 Å². The van der Waals surface area contributed by atoms with E-state index in [0.29, 0.717) is 25.3 Å². The predicted octanol–water partition coefficient (Wildman–Crippen LogP) is 3.76. The average molecular weight is 675 g/mol. The van der Waals surface area contributed by atoms with Gasteiger partial charge in [0.05, 0.1) is 52.0 Å². The molecule has 0 aromatic heterocycles. The minimum absolute atomic E-state index is 0.0395. The van der Waals surface area contributed by atoms with E-state index >= 15 is 0 Å². The van der Waals surface area contributed by atoms with Gasteiger partial charge >= 0.3 is 0 Å². The lowest BCUT2D eigenvalue weighted by Gasteiger charge is -2.37. The van der Waals surface area contributed by atoms with Crippen LogP contribution in [0.1, 0.15) is 44.6 Å². The van der Waals surface area contributed by atoms with Crippen molar-refractivity contribution in [3.8, 4) is 5.75 Å². The molecule has 0 aliphatic carbocycles. The quantitative estimate of drug-likeness (QED) is 0.260. The van der Waals surface area contributed by atoms with Crippen LogP contribution in [0.5, 0.6) is 5.75 Å². The van der Waals surface area contributed by atoms with E-state index in [1.165, 1.54) is 5.19 Å². The number of methoxy groups -OCH3 is 1. The molecule has 2 aromatic rings. The topological polar surface area (TPSA) is 120 Å². The molecule has 11 heteroatoms. The summed E-state index contributed by atoms with van der Waals surface area (Å²) in [6.45, 7) is 13.0. The number of rotatable bonds is 10. The molecule has 0 bridgehead atoms. The Bertz CT molecular complexity index is 1540. The van der Waals surface area contributed by atoms with Gasteiger partial charge in [-0.15, -0.1) is 6.58 Å². The lowest BCUT2D eigenvalue weighted by atomic mass is 9.82. The summed E-state index contributed by atoms with van der Waals surface area (Å²) in [5.74, 6) is 0.0963. The second-order valence-corrected chi connectivity index (χ2v) is 19.1. The summed E-state index contributed by atoms with van der Waals surface area (Å²) in [7, 11) is -0.808. The molecule has 1 unspecified atom stereocenters. The second-order valence-electron chi connectivity index (χ2n) is 14.4. The van der Waals surface area contributed by atoms with Gasteiger partial charge in [0.1, 0.15) is 5.75 Å². The Kier molecular flexibility index (Phi) is 9.86. The van der Waals surface area contributed by atoms with E-state index in [4.69, 9.17) is 9.47 Å². The number of fused-ring (bicyclic) bond motifs is 2. The Morgan fingerprint density at radius 3 is 2.62 bits per heavy atom. The number of aliphatic hydroxyl groups is 1. The van der Waals surface area contributed by atoms with Crippen molar-refractivity contribution >= 4 is 42.4 Å². The predicted molar refractivity (Wildman–Crippen MR) is 189 cm³/mol. The SMILES string of the molecule is C=CCN1C(=O)[C@]2(O[C@H](CC(=O)N3CCC[C@H]3CO)[C@@H]([Si](C)(C)c3ccc(OC)cc3)[C@@H]2C)c2cc(NC(=O)C3CCCNC3)ccc21. The van der Waals surface area contributed by atoms with Gasteiger partial charge in [-0.3, -0.25) is 14.4 Å². The van der Waals surface area contributed by atoms with E-state index in [0.717, 1.165) is 49.2 Å². The van der Waals surface area contributed by atoms with E-state index in [1.807, 2.05) is 30.3 Å². The molecule has 48 heavy (non-hydrogen) atoms. The number of likely N-dealkylation sites (tertiary alicyclic amines) is 1. The van der Waals surface area contributed by atoms with Crippen molar-refractivity contribution in [1.29, 1.82) is 0 Å². The van der Waals surface area contributed by atoms with E-state index in [1.54, 1.807) is 23.0 Å². The number of piperidine rings is 1. The van der Waals surface area contributed by atoms with Crippen LogP contribution < -0.4 is 25.5 Å². The third-order valence-electron chi connectivity index (χ3n) is 11.4. The Morgan fingerprint density at radius 1 is 1.19 bits per heavy atom. The largest absolute Gasteiger partial charge is 0.497 e. The Labute approximate surface area is 284 Å². The van der Waals surface area contributed by atoms with Gasteiger partial charge < -0.3 is 35.0 Å². The molecule has 3 fully saturated rings. The third kappa shape index (κ3) is 5.88. The van der Waals surface area contributed by atoms with Gasteiger partial charge in [-0.2, -0.15) is 0 Å². The number of anilines is 2. The van der Waals surface area contributed by atoms with Crippen molar-refractivity contribution in [1.82, 2.24) is 10.2 Å². The minimum Gasteiger partial charge on any atom is -0.497 e. The Balaban J connectivity index is 1.42. The molecular weight excluding hydrogens is 625 g/mol. The van der Waals surface area contributed by atoms with Gasteiger partial charge in [-0.05, 0) is 68.1 Å². The maximum absolute atomic E-state index is 14.8. The van der Waals surface area contributed by atoms with Crippen LogP contribution in [0.15, 0.2) is 55.1 Å². The van der Waals surface area contributed by atoms with E-state index in [9.17, 15) is 19.5 Å². The van der Waals surface area contributed by atoms with Crippen LogP contribution in [-0.4, -0.2) is 87.8 Å². The molecular formula is C37H50N4O6Si. The highest BCUT2D eigenvalue weighted by atomic mass is 28.3. The number of carbonyl (C=O) groups is 3. The molecule has 3 amide bonds. The van der Waals surface area contributed by atoms with Crippen molar-refractivity contribution in [2.75, 3.05) is 50.1 Å². The molecule has 3 saturated heterocycles. The van der Waals surface area contributed by atoms with Crippen LogP contribution in [0.25, 0.3) is 0 Å². The normalized spacial score (nSPS) is 28.5. The number of nitrogens with zero attached hydrogens (tertiary/aromatic N) is 2. The maximum atomic E-state index is 14.8. The zero-order valence-electron chi connectivity index (χ0n) is 28.7. The van der Waals surface area contributed by atoms with Crippen molar-refractivity contribution < 1.29 is 29.0 Å². The molecule has 6 rings (SSSR count). The van der Waals surface area contributed by atoms with Crippen LogP contribution in [-0.2, 0) is 24.7 Å². The van der Waals surface area contributed by atoms with Crippen molar-refractivity contribution in [2.45, 2.75) is 75.4 Å². The smallest absolute Gasteiger partial charge is 0.264 e. The molecule has 4 aliphatic rings. The zero-order valence-corrected chi connectivity index (χ0v) is 29.7. The first-order valence-corrected chi connectivity index (χ1v) is 20.5. The number of carbonyl (C=O) groups excluding carboxylic acids is 3. The fourth-order valence-electron chi connectivity index (χ4n) is 8.86. The number of aliphatic hydroxyl groups excluding tert-OH is 1. The van der Waals surface area contributed by atoms with Gasteiger partial charge in [-0.25, -0.2) is 0 Å². The van der Waals surface area contributed by atoms with E-state index < -0.39 is 19.8 Å². The van der Waals surface area contributed by atoms with Gasteiger partial charge in [0, 0.05) is 36.8 Å². The first-order valence-electron chi connectivity index (χ1n) is 17.4. The summed E-state index contributed by atoms with van der Waals surface area (Å²) in [6, 6.07) is 13.6. The summed E-state index contributed by atoms with van der Waals surface area (Å²) in [4.78, 5) is 45.5. The molecule has 0 saturated carbocycles. The van der Waals surface area contributed by atoms with Crippen LogP contribution >= 0.6 is 0 Å². The zero-order chi connectivity index (χ0) is 34.2. The molecule has 10 nitrogen and oxygen atoms in total. The summed E-state index contributed by atoms with van der Waals surface area (Å²) >= 11 is 0. The number of ether oxygens (including phenoxy) is 2.